The molecule has 0 bridgehead atoms. The average molecular weight is 400 g/mol. The first-order chi connectivity index (χ1) is 13.9. The van der Waals surface area contributed by atoms with E-state index in [1.54, 1.807) is 11.5 Å². The third-order valence-electron chi connectivity index (χ3n) is 4.97. The van der Waals surface area contributed by atoms with Crippen molar-refractivity contribution in [2.24, 2.45) is 0 Å². The quantitative estimate of drug-likeness (QED) is 0.537. The van der Waals surface area contributed by atoms with E-state index in [9.17, 15) is 18.4 Å². The average Bonchev–Trinajstić information content (AvgIpc) is 2.72. The normalized spacial score (nSPS) is 15.2. The molecule has 1 aliphatic heterocycles. The maximum Gasteiger partial charge on any atom is 0.343 e. The summed E-state index contributed by atoms with van der Waals surface area (Å²) in [5.41, 5.74) is 4.98. The fourth-order valence-electron chi connectivity index (χ4n) is 3.62. The Morgan fingerprint density at radius 2 is 2.00 bits per heavy atom. The van der Waals surface area contributed by atoms with Crippen LogP contribution in [0, 0.1) is 11.6 Å². The summed E-state index contributed by atoms with van der Waals surface area (Å²) in [6.07, 6.45) is 1.80. The predicted molar refractivity (Wildman–Crippen MR) is 103 cm³/mol. The number of carbonyl (C=O) groups excluding carboxylic acids is 1. The third kappa shape index (κ3) is 3.00. The molecule has 2 aromatic carbocycles. The highest BCUT2D eigenvalue weighted by Gasteiger charge is 2.32. The van der Waals surface area contributed by atoms with Gasteiger partial charge in [-0.05, 0) is 18.9 Å². The van der Waals surface area contributed by atoms with Crippen LogP contribution in [0.1, 0.15) is 28.9 Å². The number of halogens is 2. The van der Waals surface area contributed by atoms with Crippen molar-refractivity contribution in [2.45, 2.75) is 19.4 Å². The molecule has 0 spiro atoms. The number of aromatic nitrogens is 1. The maximum absolute atomic E-state index is 14.5. The van der Waals surface area contributed by atoms with Crippen LogP contribution in [0.3, 0.4) is 0 Å². The Labute approximate surface area is 164 Å². The van der Waals surface area contributed by atoms with Gasteiger partial charge in [-0.1, -0.05) is 30.3 Å². The van der Waals surface area contributed by atoms with Crippen molar-refractivity contribution in [1.29, 1.82) is 0 Å². The van der Waals surface area contributed by atoms with Crippen LogP contribution in [0.25, 0.3) is 10.9 Å². The SMILES string of the molecule is CCOC(=O)c1cn2c3c(c(F)c(F)c(N)c3c1=O)OCC2Cc1ccccc1. The van der Waals surface area contributed by atoms with E-state index in [4.69, 9.17) is 15.2 Å². The van der Waals surface area contributed by atoms with Crippen molar-refractivity contribution in [3.8, 4) is 5.75 Å². The standard InChI is InChI=1S/C21H18F2N2O4/c1-2-28-21(27)13-9-25-12(8-11-6-4-3-5-7-11)10-29-20-16(23)15(22)17(24)14(18(20)25)19(13)26/h3-7,9,12H,2,8,10,24H2,1H3. The van der Waals surface area contributed by atoms with Gasteiger partial charge in [0.2, 0.25) is 11.2 Å². The van der Waals surface area contributed by atoms with Gasteiger partial charge in [0.1, 0.15) is 17.7 Å². The summed E-state index contributed by atoms with van der Waals surface area (Å²) in [6, 6.07) is 9.11. The van der Waals surface area contributed by atoms with E-state index in [1.165, 1.54) is 6.20 Å². The van der Waals surface area contributed by atoms with Gasteiger partial charge < -0.3 is 19.8 Å². The first-order valence-electron chi connectivity index (χ1n) is 9.13. The molecule has 1 unspecified atom stereocenters. The van der Waals surface area contributed by atoms with Gasteiger partial charge >= 0.3 is 5.97 Å². The molecule has 6 nitrogen and oxygen atoms in total. The number of pyridine rings is 1. The first-order valence-corrected chi connectivity index (χ1v) is 9.13. The Morgan fingerprint density at radius 1 is 1.28 bits per heavy atom. The molecule has 0 radical (unpaired) electrons. The summed E-state index contributed by atoms with van der Waals surface area (Å²) >= 11 is 0. The van der Waals surface area contributed by atoms with Gasteiger partial charge in [0, 0.05) is 6.20 Å². The monoisotopic (exact) mass is 400 g/mol. The van der Waals surface area contributed by atoms with Gasteiger partial charge in [0.15, 0.2) is 11.6 Å². The second-order valence-electron chi connectivity index (χ2n) is 6.75. The molecule has 8 heteroatoms. The minimum atomic E-state index is -1.38. The number of hydrogen-bond donors (Lipinski definition) is 1. The highest BCUT2D eigenvalue weighted by Crippen LogP contribution is 2.39. The number of nitrogens with two attached hydrogens (primary N) is 1. The van der Waals surface area contributed by atoms with Gasteiger partial charge in [0.05, 0.1) is 23.7 Å². The van der Waals surface area contributed by atoms with Crippen LogP contribution in [-0.4, -0.2) is 23.8 Å². The van der Waals surface area contributed by atoms with Gasteiger partial charge in [-0.2, -0.15) is 4.39 Å². The summed E-state index contributed by atoms with van der Waals surface area (Å²) in [5, 5.41) is -0.290. The number of esters is 1. The Bertz CT molecular complexity index is 1180. The van der Waals surface area contributed by atoms with Gasteiger partial charge in [0.25, 0.3) is 0 Å². The molecule has 0 saturated heterocycles. The second kappa shape index (κ2) is 7.20. The number of nitrogen functional groups attached to an aromatic ring is 1. The van der Waals surface area contributed by atoms with Crippen LogP contribution in [0.5, 0.6) is 5.75 Å². The largest absolute Gasteiger partial charge is 0.486 e. The van der Waals surface area contributed by atoms with E-state index in [0.29, 0.717) is 6.42 Å². The summed E-state index contributed by atoms with van der Waals surface area (Å²) in [4.78, 5) is 25.2. The number of rotatable bonds is 4. The van der Waals surface area contributed by atoms with Crippen molar-refractivity contribution in [2.75, 3.05) is 18.9 Å². The molecule has 2 N–H and O–H groups in total. The smallest absolute Gasteiger partial charge is 0.343 e. The van der Waals surface area contributed by atoms with Crippen molar-refractivity contribution < 1.29 is 23.0 Å². The number of nitrogens with zero attached hydrogens (tertiary/aromatic N) is 1. The van der Waals surface area contributed by atoms with Crippen LogP contribution in [0.15, 0.2) is 41.3 Å². The lowest BCUT2D eigenvalue weighted by atomic mass is 10.0. The minimum Gasteiger partial charge on any atom is -0.486 e. The summed E-state index contributed by atoms with van der Waals surface area (Å²) in [6.45, 7) is 1.70. The Kier molecular flexibility index (Phi) is 4.70. The van der Waals surface area contributed by atoms with E-state index in [1.807, 2.05) is 30.3 Å². The molecule has 2 heterocycles. The fourth-order valence-corrected chi connectivity index (χ4v) is 3.62. The van der Waals surface area contributed by atoms with Crippen molar-refractivity contribution in [3.05, 3.63) is 69.5 Å². The van der Waals surface area contributed by atoms with Crippen molar-refractivity contribution in [1.82, 2.24) is 4.57 Å². The highest BCUT2D eigenvalue weighted by molar-refractivity contribution is 6.00. The predicted octanol–water partition coefficient (Wildman–Crippen LogP) is 3.21. The van der Waals surface area contributed by atoms with Crippen LogP contribution >= 0.6 is 0 Å². The molecular weight excluding hydrogens is 382 g/mol. The molecule has 4 rings (SSSR count). The van der Waals surface area contributed by atoms with Gasteiger partial charge in [-0.15, -0.1) is 0 Å². The zero-order chi connectivity index (χ0) is 20.7. The molecule has 1 atom stereocenters. The van der Waals surface area contributed by atoms with E-state index in [-0.39, 0.29) is 41.5 Å². The van der Waals surface area contributed by atoms with Crippen LogP contribution in [0.2, 0.25) is 0 Å². The van der Waals surface area contributed by atoms with Gasteiger partial charge in [-0.25, -0.2) is 9.18 Å². The maximum atomic E-state index is 14.5. The van der Waals surface area contributed by atoms with E-state index < -0.39 is 28.7 Å². The lowest BCUT2D eigenvalue weighted by Gasteiger charge is -2.30. The molecule has 3 aromatic rings. The summed E-state index contributed by atoms with van der Waals surface area (Å²) in [7, 11) is 0. The topological polar surface area (TPSA) is 83.5 Å². The molecule has 0 saturated carbocycles. The van der Waals surface area contributed by atoms with Gasteiger partial charge in [-0.3, -0.25) is 4.79 Å². The van der Waals surface area contributed by atoms with Crippen LogP contribution in [0.4, 0.5) is 14.5 Å². The van der Waals surface area contributed by atoms with E-state index in [0.717, 1.165) is 5.56 Å². The number of ether oxygens (including phenoxy) is 2. The van der Waals surface area contributed by atoms with E-state index in [2.05, 4.69) is 0 Å². The minimum absolute atomic E-state index is 0.0302. The number of hydrogen-bond acceptors (Lipinski definition) is 5. The Hall–Kier alpha value is -3.42. The molecule has 1 aliphatic rings. The fraction of sp³-hybridized carbons (Fsp3) is 0.238. The van der Waals surface area contributed by atoms with Crippen LogP contribution in [-0.2, 0) is 11.2 Å². The zero-order valence-corrected chi connectivity index (χ0v) is 15.6. The number of anilines is 1. The number of carbonyl (C=O) groups is 1. The zero-order valence-electron chi connectivity index (χ0n) is 15.6. The molecule has 29 heavy (non-hydrogen) atoms. The molecular formula is C21H18F2N2O4. The van der Waals surface area contributed by atoms with E-state index >= 15 is 0 Å². The van der Waals surface area contributed by atoms with Crippen molar-refractivity contribution in [3.63, 3.8) is 0 Å². The molecule has 150 valence electrons. The summed E-state index contributed by atoms with van der Waals surface area (Å²) in [5.74, 6) is -3.87. The third-order valence-corrected chi connectivity index (χ3v) is 4.97. The Balaban J connectivity index is 2.00. The molecule has 0 amide bonds. The Morgan fingerprint density at radius 3 is 2.69 bits per heavy atom. The molecule has 0 fully saturated rings. The van der Waals surface area contributed by atoms with Crippen LogP contribution < -0.4 is 15.9 Å². The lowest BCUT2D eigenvalue weighted by molar-refractivity contribution is 0.0523. The second-order valence-corrected chi connectivity index (χ2v) is 6.75. The molecule has 1 aromatic heterocycles. The molecule has 0 aliphatic carbocycles. The highest BCUT2D eigenvalue weighted by atomic mass is 19.2. The first kappa shape index (κ1) is 18.9. The summed E-state index contributed by atoms with van der Waals surface area (Å²) < 4.78 is 40.8. The van der Waals surface area contributed by atoms with Crippen molar-refractivity contribution >= 4 is 22.6 Å². The number of benzene rings is 2. The lowest BCUT2D eigenvalue weighted by Crippen LogP contribution is -2.30.